The van der Waals surface area contributed by atoms with E-state index in [-0.39, 0.29) is 0 Å². The Hall–Kier alpha value is -3.00. The van der Waals surface area contributed by atoms with E-state index in [0.717, 1.165) is 5.69 Å². The van der Waals surface area contributed by atoms with Gasteiger partial charge in [-0.05, 0) is 45.0 Å². The number of nitrogens with one attached hydrogen (secondary N) is 2. The maximum Gasteiger partial charge on any atom is 0.340 e. The lowest BCUT2D eigenvalue weighted by molar-refractivity contribution is -0.127. The van der Waals surface area contributed by atoms with E-state index in [9.17, 15) is 14.4 Å². The highest BCUT2D eigenvalue weighted by Gasteiger charge is 2.24. The minimum atomic E-state index is -1.14. The van der Waals surface area contributed by atoms with Crippen LogP contribution in [0.1, 0.15) is 28.7 Å². The number of methoxy groups -OCH3 is 1. The van der Waals surface area contributed by atoms with Gasteiger partial charge in [0, 0.05) is 23.5 Å². The molecule has 0 saturated carbocycles. The van der Waals surface area contributed by atoms with Crippen LogP contribution in [0.5, 0.6) is 5.75 Å². The zero-order chi connectivity index (χ0) is 21.0. The van der Waals surface area contributed by atoms with Gasteiger partial charge in [-0.2, -0.15) is 0 Å². The molecule has 28 heavy (non-hydrogen) atoms. The summed E-state index contributed by atoms with van der Waals surface area (Å²) in [6.07, 6.45) is -1.14. The van der Waals surface area contributed by atoms with Gasteiger partial charge in [-0.25, -0.2) is 9.59 Å². The number of urea groups is 1. The number of aryl methyl sites for hydroxylation is 1. The number of hydrogen-bond acceptors (Lipinski definition) is 5. The average Bonchev–Trinajstić information content (AvgIpc) is 2.95. The second-order valence-electron chi connectivity index (χ2n) is 6.05. The molecule has 9 heteroatoms. The minimum absolute atomic E-state index is 0.291. The summed E-state index contributed by atoms with van der Waals surface area (Å²) in [5.41, 5.74) is 2.32. The first-order chi connectivity index (χ1) is 13.2. The Bertz CT molecular complexity index is 923. The third-order valence-corrected chi connectivity index (χ3v) is 4.38. The molecule has 0 radical (unpaired) electrons. The summed E-state index contributed by atoms with van der Waals surface area (Å²) in [5, 5.41) is 4.83. The van der Waals surface area contributed by atoms with Gasteiger partial charge >= 0.3 is 12.0 Å². The molecule has 2 aromatic rings. The number of esters is 1. The third-order valence-electron chi connectivity index (χ3n) is 4.15. The first-order valence-corrected chi connectivity index (χ1v) is 8.83. The summed E-state index contributed by atoms with van der Waals surface area (Å²) >= 11 is 6.12. The molecule has 8 nitrogen and oxygen atoms in total. The van der Waals surface area contributed by atoms with Crippen molar-refractivity contribution in [2.75, 3.05) is 14.2 Å². The number of carbonyl (C=O) groups excluding carboxylic acids is 3. The Balaban J connectivity index is 2.31. The fourth-order valence-corrected chi connectivity index (χ4v) is 2.90. The van der Waals surface area contributed by atoms with Gasteiger partial charge in [0.25, 0.3) is 5.91 Å². The molecular weight excluding hydrogens is 386 g/mol. The number of halogens is 1. The summed E-state index contributed by atoms with van der Waals surface area (Å²) in [7, 11) is 2.92. The van der Waals surface area contributed by atoms with Crippen molar-refractivity contribution in [1.82, 2.24) is 15.2 Å². The van der Waals surface area contributed by atoms with Crippen molar-refractivity contribution in [1.29, 1.82) is 0 Å². The molecule has 0 aliphatic heterocycles. The van der Waals surface area contributed by atoms with Gasteiger partial charge in [0.1, 0.15) is 5.75 Å². The Morgan fingerprint density at radius 2 is 1.86 bits per heavy atom. The van der Waals surface area contributed by atoms with Crippen molar-refractivity contribution in [3.63, 3.8) is 0 Å². The van der Waals surface area contributed by atoms with E-state index >= 15 is 0 Å². The number of nitrogens with zero attached hydrogens (tertiary/aromatic N) is 1. The van der Waals surface area contributed by atoms with E-state index in [2.05, 4.69) is 10.6 Å². The minimum Gasteiger partial charge on any atom is -0.495 e. The predicted octanol–water partition coefficient (Wildman–Crippen LogP) is 2.76. The van der Waals surface area contributed by atoms with Gasteiger partial charge in [-0.15, -0.1) is 0 Å². The van der Waals surface area contributed by atoms with E-state index in [1.807, 2.05) is 11.5 Å². The molecule has 0 unspecified atom stereocenters. The lowest BCUT2D eigenvalue weighted by Gasteiger charge is -2.15. The molecule has 0 saturated heterocycles. The predicted molar refractivity (Wildman–Crippen MR) is 104 cm³/mol. The highest BCUT2D eigenvalue weighted by Crippen LogP contribution is 2.30. The van der Waals surface area contributed by atoms with E-state index in [4.69, 9.17) is 21.1 Å². The lowest BCUT2D eigenvalue weighted by atomic mass is 10.2. The molecule has 0 aliphatic rings. The summed E-state index contributed by atoms with van der Waals surface area (Å²) in [6.45, 7) is 4.96. The van der Waals surface area contributed by atoms with Crippen LogP contribution in [-0.2, 0) is 9.53 Å². The van der Waals surface area contributed by atoms with E-state index < -0.39 is 24.0 Å². The van der Waals surface area contributed by atoms with Crippen LogP contribution in [0.25, 0.3) is 5.69 Å². The summed E-state index contributed by atoms with van der Waals surface area (Å²) in [5.74, 6) is -0.817. The summed E-state index contributed by atoms with van der Waals surface area (Å²) < 4.78 is 12.4. The zero-order valence-electron chi connectivity index (χ0n) is 16.3. The van der Waals surface area contributed by atoms with E-state index in [0.29, 0.717) is 27.7 Å². The molecule has 0 aliphatic carbocycles. The molecule has 0 spiro atoms. The molecule has 0 fully saturated rings. The quantitative estimate of drug-likeness (QED) is 0.742. The number of aromatic nitrogens is 1. The lowest BCUT2D eigenvalue weighted by Crippen LogP contribution is -2.43. The van der Waals surface area contributed by atoms with E-state index in [1.165, 1.54) is 14.0 Å². The monoisotopic (exact) mass is 407 g/mol. The summed E-state index contributed by atoms with van der Waals surface area (Å²) in [6, 6.07) is 6.15. The molecule has 2 N–H and O–H groups in total. The van der Waals surface area contributed by atoms with Crippen LogP contribution in [0.3, 0.4) is 0 Å². The second-order valence-corrected chi connectivity index (χ2v) is 6.49. The maximum atomic E-state index is 12.6. The third kappa shape index (κ3) is 4.45. The number of rotatable bonds is 5. The van der Waals surface area contributed by atoms with Crippen molar-refractivity contribution < 1.29 is 23.9 Å². The SMILES string of the molecule is CNC(=O)NC(=O)[C@@H](C)OC(=O)c1cc(C)n(-c2cc(Cl)ccc2OC)c1C. The molecular formula is C19H22ClN3O5. The fraction of sp³-hybridized carbons (Fsp3) is 0.316. The maximum absolute atomic E-state index is 12.6. The molecule has 1 aromatic heterocycles. The zero-order valence-corrected chi connectivity index (χ0v) is 17.0. The topological polar surface area (TPSA) is 98.7 Å². The van der Waals surface area contributed by atoms with Crippen molar-refractivity contribution in [2.24, 2.45) is 0 Å². The Morgan fingerprint density at radius 3 is 2.46 bits per heavy atom. The number of carbonyl (C=O) groups is 3. The largest absolute Gasteiger partial charge is 0.495 e. The smallest absolute Gasteiger partial charge is 0.340 e. The first-order valence-electron chi connectivity index (χ1n) is 8.46. The first kappa shape index (κ1) is 21.3. The second kappa shape index (κ2) is 8.79. The average molecular weight is 408 g/mol. The van der Waals surface area contributed by atoms with Gasteiger partial charge in [0.2, 0.25) is 0 Å². The molecule has 1 aromatic carbocycles. The Morgan fingerprint density at radius 1 is 1.18 bits per heavy atom. The molecule has 2 rings (SSSR count). The van der Waals surface area contributed by atoms with Crippen molar-refractivity contribution in [2.45, 2.75) is 26.9 Å². The number of benzene rings is 1. The highest BCUT2D eigenvalue weighted by molar-refractivity contribution is 6.30. The van der Waals surface area contributed by atoms with Gasteiger partial charge in [-0.3, -0.25) is 10.1 Å². The van der Waals surface area contributed by atoms with Crippen LogP contribution in [0.2, 0.25) is 5.02 Å². The number of hydrogen-bond donors (Lipinski definition) is 2. The van der Waals surface area contributed by atoms with Gasteiger partial charge < -0.3 is 19.4 Å². The fourth-order valence-electron chi connectivity index (χ4n) is 2.73. The highest BCUT2D eigenvalue weighted by atomic mass is 35.5. The van der Waals surface area contributed by atoms with Crippen LogP contribution >= 0.6 is 11.6 Å². The van der Waals surface area contributed by atoms with Gasteiger partial charge in [0.15, 0.2) is 6.10 Å². The standard InChI is InChI=1S/C19H22ClN3O5/c1-10-8-14(18(25)28-12(3)17(24)22-19(26)21-4)11(2)23(10)15-9-13(20)6-7-16(15)27-5/h6-9,12H,1-5H3,(H2,21,22,24,26)/t12-/m1/s1. The van der Waals surface area contributed by atoms with Crippen LogP contribution < -0.4 is 15.4 Å². The Labute approximate surface area is 167 Å². The van der Waals surface area contributed by atoms with Gasteiger partial charge in [0.05, 0.1) is 18.4 Å². The van der Waals surface area contributed by atoms with E-state index in [1.54, 1.807) is 38.3 Å². The number of ether oxygens (including phenoxy) is 2. The van der Waals surface area contributed by atoms with Gasteiger partial charge in [-0.1, -0.05) is 11.6 Å². The molecule has 1 atom stereocenters. The normalized spacial score (nSPS) is 11.5. The number of imide groups is 1. The van der Waals surface area contributed by atoms with Crippen LogP contribution in [0.4, 0.5) is 4.79 Å². The molecule has 3 amide bonds. The summed E-state index contributed by atoms with van der Waals surface area (Å²) in [4.78, 5) is 35.7. The van der Waals surface area contributed by atoms with Crippen LogP contribution in [0, 0.1) is 13.8 Å². The van der Waals surface area contributed by atoms with Crippen molar-refractivity contribution in [3.05, 3.63) is 46.2 Å². The molecule has 150 valence electrons. The van der Waals surface area contributed by atoms with Crippen molar-refractivity contribution in [3.8, 4) is 11.4 Å². The van der Waals surface area contributed by atoms with Crippen molar-refractivity contribution >= 4 is 29.5 Å². The molecule has 1 heterocycles. The van der Waals surface area contributed by atoms with Crippen LogP contribution in [0.15, 0.2) is 24.3 Å². The van der Waals surface area contributed by atoms with Crippen LogP contribution in [-0.4, -0.2) is 42.7 Å². The molecule has 0 bridgehead atoms. The Kier molecular flexibility index (Phi) is 6.69. The number of amides is 3.